The molecule has 0 atom stereocenters. The predicted molar refractivity (Wildman–Crippen MR) is 94.5 cm³/mol. The van der Waals surface area contributed by atoms with Gasteiger partial charge in [-0.15, -0.1) is 0 Å². The van der Waals surface area contributed by atoms with E-state index in [0.717, 1.165) is 41.1 Å². The Hall–Kier alpha value is -2.73. The number of rotatable bonds is 3. The predicted octanol–water partition coefficient (Wildman–Crippen LogP) is 3.28. The molecule has 0 radical (unpaired) electrons. The van der Waals surface area contributed by atoms with Crippen LogP contribution in [0, 0.1) is 5.82 Å². The zero-order valence-corrected chi connectivity index (χ0v) is 13.9. The molecule has 0 amide bonds. The summed E-state index contributed by atoms with van der Waals surface area (Å²) in [6, 6.07) is 10.4. The number of halogens is 1. The molecule has 1 saturated heterocycles. The number of nitrogens with zero attached hydrogens (tertiary/aromatic N) is 3. The van der Waals surface area contributed by atoms with Crippen molar-refractivity contribution in [3.05, 3.63) is 48.4 Å². The van der Waals surface area contributed by atoms with Crippen molar-refractivity contribution in [2.45, 2.75) is 0 Å². The molecular weight excluding hydrogens is 321 g/mol. The van der Waals surface area contributed by atoms with Gasteiger partial charge in [0.1, 0.15) is 17.4 Å². The van der Waals surface area contributed by atoms with Crippen molar-refractivity contribution in [2.75, 3.05) is 38.3 Å². The van der Waals surface area contributed by atoms with Crippen molar-refractivity contribution in [1.29, 1.82) is 0 Å². The van der Waals surface area contributed by atoms with Crippen LogP contribution in [0.5, 0.6) is 5.75 Å². The maximum Gasteiger partial charge on any atom is 0.148 e. The van der Waals surface area contributed by atoms with Crippen LogP contribution in [0.2, 0.25) is 0 Å². The van der Waals surface area contributed by atoms with Crippen LogP contribution in [0.3, 0.4) is 0 Å². The van der Waals surface area contributed by atoms with Crippen LogP contribution < -0.4 is 9.64 Å². The Morgan fingerprint density at radius 1 is 1.04 bits per heavy atom. The Morgan fingerprint density at radius 3 is 2.68 bits per heavy atom. The minimum Gasteiger partial charge on any atom is -0.497 e. The van der Waals surface area contributed by atoms with Gasteiger partial charge in [0, 0.05) is 19.2 Å². The van der Waals surface area contributed by atoms with Gasteiger partial charge in [0.25, 0.3) is 0 Å². The van der Waals surface area contributed by atoms with Gasteiger partial charge in [-0.3, -0.25) is 4.98 Å². The largest absolute Gasteiger partial charge is 0.497 e. The maximum absolute atomic E-state index is 13.8. The molecule has 0 aliphatic carbocycles. The number of hydrogen-bond donors (Lipinski definition) is 0. The Kier molecular flexibility index (Phi) is 4.19. The number of fused-ring (bicyclic) bond motifs is 1. The van der Waals surface area contributed by atoms with Crippen molar-refractivity contribution < 1.29 is 13.9 Å². The van der Waals surface area contributed by atoms with E-state index in [1.807, 2.05) is 24.3 Å². The monoisotopic (exact) mass is 339 g/mol. The Labute approximate surface area is 145 Å². The third-order valence-corrected chi connectivity index (χ3v) is 4.30. The normalized spacial score (nSPS) is 14.7. The molecule has 1 aliphatic heterocycles. The molecule has 5 nitrogen and oxygen atoms in total. The highest BCUT2D eigenvalue weighted by Crippen LogP contribution is 2.28. The molecular formula is C19H18FN3O2. The van der Waals surface area contributed by atoms with E-state index in [1.165, 1.54) is 19.2 Å². The van der Waals surface area contributed by atoms with Crippen LogP contribution in [-0.2, 0) is 4.74 Å². The second kappa shape index (κ2) is 6.64. The second-order valence-electron chi connectivity index (χ2n) is 5.91. The number of hydrogen-bond acceptors (Lipinski definition) is 5. The molecule has 2 heterocycles. The van der Waals surface area contributed by atoms with Crippen LogP contribution in [0.25, 0.3) is 22.2 Å². The Morgan fingerprint density at radius 2 is 1.88 bits per heavy atom. The quantitative estimate of drug-likeness (QED) is 0.733. The zero-order valence-electron chi connectivity index (χ0n) is 13.9. The molecule has 128 valence electrons. The summed E-state index contributed by atoms with van der Waals surface area (Å²) in [4.78, 5) is 11.4. The van der Waals surface area contributed by atoms with Gasteiger partial charge in [-0.05, 0) is 35.4 Å². The molecule has 1 aliphatic rings. The molecule has 6 heteroatoms. The van der Waals surface area contributed by atoms with Crippen LogP contribution >= 0.6 is 0 Å². The van der Waals surface area contributed by atoms with Gasteiger partial charge >= 0.3 is 0 Å². The number of aromatic nitrogens is 2. The van der Waals surface area contributed by atoms with E-state index in [9.17, 15) is 4.39 Å². The van der Waals surface area contributed by atoms with E-state index in [0.29, 0.717) is 19.0 Å². The highest BCUT2D eigenvalue weighted by Gasteiger charge is 2.14. The SMILES string of the molecule is COc1cc(F)cc(-c2ccc3ncc(N4CCOCC4)nc3c2)c1. The minimum absolute atomic E-state index is 0.331. The van der Waals surface area contributed by atoms with E-state index in [-0.39, 0.29) is 5.82 Å². The third-order valence-electron chi connectivity index (χ3n) is 4.30. The second-order valence-corrected chi connectivity index (χ2v) is 5.91. The van der Waals surface area contributed by atoms with Gasteiger partial charge in [-0.2, -0.15) is 0 Å². The molecule has 4 rings (SSSR count). The van der Waals surface area contributed by atoms with E-state index in [1.54, 1.807) is 6.20 Å². The first-order chi connectivity index (χ1) is 12.2. The highest BCUT2D eigenvalue weighted by atomic mass is 19.1. The standard InChI is InChI=1S/C19H18FN3O2/c1-24-16-9-14(8-15(20)11-16)13-2-3-17-18(10-13)22-19(12-21-17)23-4-6-25-7-5-23/h2-3,8-12H,4-7H2,1H3. The van der Waals surface area contributed by atoms with Crippen molar-refractivity contribution in [3.8, 4) is 16.9 Å². The summed E-state index contributed by atoms with van der Waals surface area (Å²) >= 11 is 0. The molecule has 2 aromatic carbocycles. The Bertz CT molecular complexity index is 910. The summed E-state index contributed by atoms with van der Waals surface area (Å²) in [6.45, 7) is 3.01. The van der Waals surface area contributed by atoms with Crippen LogP contribution in [0.4, 0.5) is 10.2 Å². The molecule has 0 saturated carbocycles. The van der Waals surface area contributed by atoms with Gasteiger partial charge in [0.2, 0.25) is 0 Å². The molecule has 3 aromatic rings. The van der Waals surface area contributed by atoms with E-state index in [2.05, 4.69) is 9.88 Å². The first-order valence-electron chi connectivity index (χ1n) is 8.17. The van der Waals surface area contributed by atoms with Crippen molar-refractivity contribution in [1.82, 2.24) is 9.97 Å². The fraction of sp³-hybridized carbons (Fsp3) is 0.263. The molecule has 0 N–H and O–H groups in total. The van der Waals surface area contributed by atoms with E-state index in [4.69, 9.17) is 14.5 Å². The zero-order chi connectivity index (χ0) is 17.2. The minimum atomic E-state index is -0.331. The lowest BCUT2D eigenvalue weighted by Gasteiger charge is -2.27. The lowest BCUT2D eigenvalue weighted by Crippen LogP contribution is -2.36. The van der Waals surface area contributed by atoms with Gasteiger partial charge in [-0.1, -0.05) is 6.07 Å². The first-order valence-corrected chi connectivity index (χ1v) is 8.17. The summed E-state index contributed by atoms with van der Waals surface area (Å²) in [6.07, 6.45) is 1.79. The van der Waals surface area contributed by atoms with Gasteiger partial charge < -0.3 is 14.4 Å². The van der Waals surface area contributed by atoms with Crippen molar-refractivity contribution in [2.24, 2.45) is 0 Å². The fourth-order valence-corrected chi connectivity index (χ4v) is 2.97. The summed E-state index contributed by atoms with van der Waals surface area (Å²) in [5, 5.41) is 0. The summed E-state index contributed by atoms with van der Waals surface area (Å²) in [5.41, 5.74) is 3.21. The molecule has 0 unspecified atom stereocenters. The summed E-state index contributed by atoms with van der Waals surface area (Å²) in [7, 11) is 1.53. The average Bonchev–Trinajstić information content (AvgIpc) is 2.67. The number of morpholine rings is 1. The van der Waals surface area contributed by atoms with Crippen LogP contribution in [0.15, 0.2) is 42.6 Å². The Balaban J connectivity index is 1.74. The first kappa shape index (κ1) is 15.8. The van der Waals surface area contributed by atoms with Crippen molar-refractivity contribution >= 4 is 16.9 Å². The third kappa shape index (κ3) is 3.25. The average molecular weight is 339 g/mol. The number of methoxy groups -OCH3 is 1. The van der Waals surface area contributed by atoms with E-state index >= 15 is 0 Å². The molecule has 0 spiro atoms. The van der Waals surface area contributed by atoms with Crippen LogP contribution in [-0.4, -0.2) is 43.4 Å². The molecule has 1 aromatic heterocycles. The highest BCUT2D eigenvalue weighted by molar-refractivity contribution is 5.82. The molecule has 1 fully saturated rings. The maximum atomic E-state index is 13.8. The van der Waals surface area contributed by atoms with Crippen molar-refractivity contribution in [3.63, 3.8) is 0 Å². The summed E-state index contributed by atoms with van der Waals surface area (Å²) in [5.74, 6) is 0.996. The number of ether oxygens (including phenoxy) is 2. The van der Waals surface area contributed by atoms with Gasteiger partial charge in [-0.25, -0.2) is 9.37 Å². The van der Waals surface area contributed by atoms with E-state index < -0.39 is 0 Å². The molecule has 25 heavy (non-hydrogen) atoms. The van der Waals surface area contributed by atoms with Crippen LogP contribution in [0.1, 0.15) is 0 Å². The van der Waals surface area contributed by atoms with Gasteiger partial charge in [0.15, 0.2) is 0 Å². The number of anilines is 1. The lowest BCUT2D eigenvalue weighted by molar-refractivity contribution is 0.122. The smallest absolute Gasteiger partial charge is 0.148 e. The summed E-state index contributed by atoms with van der Waals surface area (Å²) < 4.78 is 24.3. The number of benzene rings is 2. The van der Waals surface area contributed by atoms with Gasteiger partial charge in [0.05, 0.1) is 37.6 Å². The topological polar surface area (TPSA) is 47.5 Å². The fourth-order valence-electron chi connectivity index (χ4n) is 2.97. The molecule has 0 bridgehead atoms. The lowest BCUT2D eigenvalue weighted by atomic mass is 10.0.